The van der Waals surface area contributed by atoms with E-state index in [4.69, 9.17) is 4.74 Å². The Morgan fingerprint density at radius 3 is 2.71 bits per heavy atom. The molecule has 2 rings (SSSR count). The monoisotopic (exact) mass is 296 g/mol. The molecule has 2 aliphatic heterocycles. The first-order valence-corrected chi connectivity index (χ1v) is 8.67. The standard InChI is InChI=1S/C17H32N2O2/c1-5-13(4)16-17(20)19(15(18-16)10-12(2)3)8-6-14-7-9-21-11-14/h12-16,18H,5-11H2,1-4H3. The Hall–Kier alpha value is -0.610. The van der Waals surface area contributed by atoms with Crippen LogP contribution >= 0.6 is 0 Å². The molecule has 2 fully saturated rings. The smallest absolute Gasteiger partial charge is 0.241 e. The molecule has 4 heteroatoms. The van der Waals surface area contributed by atoms with Gasteiger partial charge in [-0.1, -0.05) is 34.1 Å². The van der Waals surface area contributed by atoms with E-state index in [1.165, 1.54) is 0 Å². The normalized spacial score (nSPS) is 31.4. The van der Waals surface area contributed by atoms with E-state index in [0.717, 1.165) is 45.4 Å². The summed E-state index contributed by atoms with van der Waals surface area (Å²) in [7, 11) is 0. The molecule has 2 aliphatic rings. The summed E-state index contributed by atoms with van der Waals surface area (Å²) in [4.78, 5) is 14.8. The molecule has 0 aromatic rings. The van der Waals surface area contributed by atoms with Crippen LogP contribution in [0.4, 0.5) is 0 Å². The second kappa shape index (κ2) is 7.59. The first kappa shape index (κ1) is 16.8. The van der Waals surface area contributed by atoms with Crippen molar-refractivity contribution in [1.29, 1.82) is 0 Å². The van der Waals surface area contributed by atoms with E-state index < -0.39 is 0 Å². The van der Waals surface area contributed by atoms with Gasteiger partial charge < -0.3 is 9.64 Å². The van der Waals surface area contributed by atoms with Gasteiger partial charge in [-0.3, -0.25) is 10.1 Å². The van der Waals surface area contributed by atoms with Crippen LogP contribution in [0.1, 0.15) is 53.4 Å². The lowest BCUT2D eigenvalue weighted by molar-refractivity contribution is -0.131. The Labute approximate surface area is 129 Å². The molecule has 0 bridgehead atoms. The van der Waals surface area contributed by atoms with Crippen LogP contribution in [-0.4, -0.2) is 42.8 Å². The molecule has 0 aromatic carbocycles. The maximum atomic E-state index is 12.7. The fraction of sp³-hybridized carbons (Fsp3) is 0.941. The van der Waals surface area contributed by atoms with E-state index in [9.17, 15) is 4.79 Å². The molecule has 1 N–H and O–H groups in total. The summed E-state index contributed by atoms with van der Waals surface area (Å²) in [6, 6.07) is 0.0126. The molecule has 4 atom stereocenters. The van der Waals surface area contributed by atoms with Crippen molar-refractivity contribution >= 4 is 5.91 Å². The topological polar surface area (TPSA) is 41.6 Å². The maximum absolute atomic E-state index is 12.7. The van der Waals surface area contributed by atoms with Crippen molar-refractivity contribution in [3.8, 4) is 0 Å². The lowest BCUT2D eigenvalue weighted by Gasteiger charge is -2.26. The summed E-state index contributed by atoms with van der Waals surface area (Å²) in [6.45, 7) is 11.4. The predicted octanol–water partition coefficient (Wildman–Crippen LogP) is 2.63. The molecule has 0 aliphatic carbocycles. The molecule has 0 radical (unpaired) electrons. The van der Waals surface area contributed by atoms with Crippen molar-refractivity contribution < 1.29 is 9.53 Å². The Morgan fingerprint density at radius 2 is 2.14 bits per heavy atom. The van der Waals surface area contributed by atoms with Crippen LogP contribution in [0.2, 0.25) is 0 Å². The summed E-state index contributed by atoms with van der Waals surface area (Å²) >= 11 is 0. The van der Waals surface area contributed by atoms with Crippen LogP contribution in [0.15, 0.2) is 0 Å². The molecule has 4 unspecified atom stereocenters. The number of carbonyl (C=O) groups excluding carboxylic acids is 1. The van der Waals surface area contributed by atoms with E-state index in [0.29, 0.717) is 23.7 Å². The fourth-order valence-corrected chi connectivity index (χ4v) is 3.38. The molecule has 1 amide bonds. The SMILES string of the molecule is CCC(C)C1NC(CC(C)C)N(CCC2CCOC2)C1=O. The van der Waals surface area contributed by atoms with Crippen LogP contribution < -0.4 is 5.32 Å². The van der Waals surface area contributed by atoms with Crippen molar-refractivity contribution in [2.75, 3.05) is 19.8 Å². The molecular formula is C17H32N2O2. The summed E-state index contributed by atoms with van der Waals surface area (Å²) in [5.41, 5.74) is 0. The molecular weight excluding hydrogens is 264 g/mol. The van der Waals surface area contributed by atoms with Crippen molar-refractivity contribution in [2.45, 2.75) is 65.6 Å². The molecule has 2 heterocycles. The van der Waals surface area contributed by atoms with Crippen molar-refractivity contribution in [1.82, 2.24) is 10.2 Å². The molecule has 0 spiro atoms. The van der Waals surface area contributed by atoms with Crippen LogP contribution in [-0.2, 0) is 9.53 Å². The van der Waals surface area contributed by atoms with Gasteiger partial charge in [0.05, 0.1) is 12.2 Å². The second-order valence-electron chi connectivity index (χ2n) is 7.23. The van der Waals surface area contributed by atoms with Gasteiger partial charge in [-0.05, 0) is 37.0 Å². The lowest BCUT2D eigenvalue weighted by Crippen LogP contribution is -2.39. The first-order valence-electron chi connectivity index (χ1n) is 8.67. The highest BCUT2D eigenvalue weighted by Crippen LogP contribution is 2.25. The number of ether oxygens (including phenoxy) is 1. The van der Waals surface area contributed by atoms with E-state index in [-0.39, 0.29) is 12.2 Å². The fourth-order valence-electron chi connectivity index (χ4n) is 3.38. The van der Waals surface area contributed by atoms with Gasteiger partial charge in [0.15, 0.2) is 0 Å². The molecule has 0 aromatic heterocycles. The van der Waals surface area contributed by atoms with Gasteiger partial charge >= 0.3 is 0 Å². The van der Waals surface area contributed by atoms with Gasteiger partial charge in [-0.2, -0.15) is 0 Å². The van der Waals surface area contributed by atoms with E-state index >= 15 is 0 Å². The van der Waals surface area contributed by atoms with Gasteiger partial charge in [-0.15, -0.1) is 0 Å². The third kappa shape index (κ3) is 4.19. The molecule has 2 saturated heterocycles. The zero-order valence-electron chi connectivity index (χ0n) is 14.1. The molecule has 4 nitrogen and oxygen atoms in total. The molecule has 21 heavy (non-hydrogen) atoms. The quantitative estimate of drug-likeness (QED) is 0.785. The average molecular weight is 296 g/mol. The number of hydrogen-bond acceptors (Lipinski definition) is 3. The van der Waals surface area contributed by atoms with Crippen molar-refractivity contribution in [2.24, 2.45) is 17.8 Å². The van der Waals surface area contributed by atoms with Gasteiger partial charge in [0, 0.05) is 19.8 Å². The average Bonchev–Trinajstić information content (AvgIpc) is 3.04. The maximum Gasteiger partial charge on any atom is 0.241 e. The highest BCUT2D eigenvalue weighted by molar-refractivity contribution is 5.84. The van der Waals surface area contributed by atoms with Gasteiger partial charge in [0.25, 0.3) is 0 Å². The summed E-state index contributed by atoms with van der Waals surface area (Å²) in [5, 5.41) is 3.59. The van der Waals surface area contributed by atoms with E-state index in [2.05, 4.69) is 37.9 Å². The lowest BCUT2D eigenvalue weighted by atomic mass is 9.99. The van der Waals surface area contributed by atoms with Gasteiger partial charge in [0.1, 0.15) is 0 Å². The third-order valence-corrected chi connectivity index (χ3v) is 5.01. The van der Waals surface area contributed by atoms with E-state index in [1.807, 2.05) is 0 Å². The zero-order valence-corrected chi connectivity index (χ0v) is 14.1. The summed E-state index contributed by atoms with van der Waals surface area (Å²) in [6.07, 6.45) is 4.54. The van der Waals surface area contributed by atoms with Crippen molar-refractivity contribution in [3.63, 3.8) is 0 Å². The minimum absolute atomic E-state index is 0.0126. The third-order valence-electron chi connectivity index (χ3n) is 5.01. The zero-order chi connectivity index (χ0) is 15.4. The first-order chi connectivity index (χ1) is 10.0. The molecule has 122 valence electrons. The number of rotatable bonds is 7. The predicted molar refractivity (Wildman–Crippen MR) is 84.9 cm³/mol. The Kier molecular flexibility index (Phi) is 6.06. The summed E-state index contributed by atoms with van der Waals surface area (Å²) in [5.74, 6) is 1.96. The highest BCUT2D eigenvalue weighted by Gasteiger charge is 2.40. The Balaban J connectivity index is 1.96. The Morgan fingerprint density at radius 1 is 1.38 bits per heavy atom. The van der Waals surface area contributed by atoms with Crippen LogP contribution in [0.25, 0.3) is 0 Å². The summed E-state index contributed by atoms with van der Waals surface area (Å²) < 4.78 is 5.45. The number of nitrogens with zero attached hydrogens (tertiary/aromatic N) is 1. The van der Waals surface area contributed by atoms with Gasteiger partial charge in [0.2, 0.25) is 5.91 Å². The number of nitrogens with one attached hydrogen (secondary N) is 1. The van der Waals surface area contributed by atoms with Crippen LogP contribution in [0.5, 0.6) is 0 Å². The second-order valence-corrected chi connectivity index (χ2v) is 7.23. The number of hydrogen-bond donors (Lipinski definition) is 1. The number of amides is 1. The van der Waals surface area contributed by atoms with Crippen LogP contribution in [0.3, 0.4) is 0 Å². The van der Waals surface area contributed by atoms with Crippen molar-refractivity contribution in [3.05, 3.63) is 0 Å². The Bertz CT molecular complexity index is 340. The highest BCUT2D eigenvalue weighted by atomic mass is 16.5. The molecule has 0 saturated carbocycles. The van der Waals surface area contributed by atoms with Gasteiger partial charge in [-0.25, -0.2) is 0 Å². The largest absolute Gasteiger partial charge is 0.381 e. The van der Waals surface area contributed by atoms with E-state index in [1.54, 1.807) is 0 Å². The minimum atomic E-state index is 0.0126. The minimum Gasteiger partial charge on any atom is -0.381 e. The van der Waals surface area contributed by atoms with Crippen LogP contribution in [0, 0.1) is 17.8 Å². The number of carbonyl (C=O) groups is 1.